The third kappa shape index (κ3) is 13.8. The topological polar surface area (TPSA) is 261 Å². The molecule has 29 unspecified atom stereocenters. The quantitative estimate of drug-likeness (QED) is 0.0322. The number of aldehydes is 1. The molecule has 0 aromatic rings. The molecule has 2 bridgehead atoms. The summed E-state index contributed by atoms with van der Waals surface area (Å²) in [5, 5.41) is 15.6. The van der Waals surface area contributed by atoms with Gasteiger partial charge in [-0.25, -0.2) is 9.59 Å². The molecular formula is C71H104N2O20. The van der Waals surface area contributed by atoms with Gasteiger partial charge in [0.05, 0.1) is 81.7 Å². The average molecular weight is 1310 g/mol. The van der Waals surface area contributed by atoms with Gasteiger partial charge in [0, 0.05) is 60.7 Å². The smallest absolute Gasteiger partial charge is 0.407 e. The number of carbonyl (C=O) groups excluding carboxylic acids is 5. The van der Waals surface area contributed by atoms with Crippen LogP contribution in [0, 0.1) is 74.7 Å². The van der Waals surface area contributed by atoms with Crippen LogP contribution in [0.15, 0.2) is 58.2 Å². The summed E-state index contributed by atoms with van der Waals surface area (Å²) >= 11 is 0. The van der Waals surface area contributed by atoms with E-state index in [0.29, 0.717) is 42.7 Å². The monoisotopic (exact) mass is 1300 g/mol. The van der Waals surface area contributed by atoms with Crippen LogP contribution in [0.3, 0.4) is 0 Å². The average Bonchev–Trinajstić information content (AvgIpc) is 1.70. The first kappa shape index (κ1) is 71.0. The van der Waals surface area contributed by atoms with Crippen molar-refractivity contribution in [1.82, 2.24) is 5.32 Å². The highest BCUT2D eigenvalue weighted by Crippen LogP contribution is 2.60. The Balaban J connectivity index is 0.904. The first-order valence-electron chi connectivity index (χ1n) is 34.3. The lowest BCUT2D eigenvalue weighted by Crippen LogP contribution is -2.65. The number of allylic oxidation sites excluding steroid dienone is 3. The van der Waals surface area contributed by atoms with Crippen LogP contribution in [0.4, 0.5) is 4.79 Å². The summed E-state index contributed by atoms with van der Waals surface area (Å²) in [6.45, 7) is 29.3. The van der Waals surface area contributed by atoms with E-state index >= 15 is 4.79 Å². The second kappa shape index (κ2) is 28.4. The number of alkyl carbamates (subject to hydrolysis) is 1. The maximum Gasteiger partial charge on any atom is 0.407 e. The molecule has 1 spiro atoms. The number of nitro groups is 1. The zero-order valence-electron chi connectivity index (χ0n) is 57.7. The molecule has 22 heteroatoms. The maximum atomic E-state index is 16.4. The van der Waals surface area contributed by atoms with Crippen molar-refractivity contribution < 1.29 is 90.5 Å². The summed E-state index contributed by atoms with van der Waals surface area (Å²) in [4.78, 5) is 82.9. The number of nitrogens with one attached hydrogen (secondary N) is 1. The van der Waals surface area contributed by atoms with Crippen LogP contribution in [-0.2, 0) is 80.8 Å². The van der Waals surface area contributed by atoms with Crippen molar-refractivity contribution in [3.63, 3.8) is 0 Å². The Bertz CT molecular complexity index is 2950. The van der Waals surface area contributed by atoms with E-state index in [0.717, 1.165) is 30.3 Å². The molecular weight excluding hydrogens is 1200 g/mol. The Labute approximate surface area is 548 Å². The van der Waals surface area contributed by atoms with Crippen molar-refractivity contribution in [3.05, 3.63) is 68.4 Å². The lowest BCUT2D eigenvalue weighted by molar-refractivity contribution is -0.584. The summed E-state index contributed by atoms with van der Waals surface area (Å²) in [6, 6.07) is -1.05. The molecule has 93 heavy (non-hydrogen) atoms. The van der Waals surface area contributed by atoms with E-state index < -0.39 is 125 Å². The molecule has 0 aromatic heterocycles. The summed E-state index contributed by atoms with van der Waals surface area (Å²) in [6.07, 6.45) is 6.97. The number of ether oxygens (including phenoxy) is 13. The summed E-state index contributed by atoms with van der Waals surface area (Å²) < 4.78 is 83.3. The molecule has 6 heterocycles. The summed E-state index contributed by atoms with van der Waals surface area (Å²) in [7, 11) is 2.54. The molecule has 6 aliphatic heterocycles. The number of nitrogens with zero attached hydrogens (tertiary/aromatic N) is 1. The van der Waals surface area contributed by atoms with Gasteiger partial charge in [0.2, 0.25) is 5.54 Å². The molecule has 0 aromatic carbocycles. The van der Waals surface area contributed by atoms with Crippen molar-refractivity contribution in [3.8, 4) is 0 Å². The lowest BCUT2D eigenvalue weighted by Gasteiger charge is -2.56. The number of carbonyl (C=O) groups is 5. The molecule has 10 aliphatic rings. The first-order valence-corrected chi connectivity index (χ1v) is 34.3. The van der Waals surface area contributed by atoms with Crippen molar-refractivity contribution in [2.75, 3.05) is 14.2 Å². The molecule has 0 radical (unpaired) electrons. The van der Waals surface area contributed by atoms with Crippen LogP contribution >= 0.6 is 0 Å². The second-order valence-electron chi connectivity index (χ2n) is 29.7. The SMILES string of the molecule is COC(=O)NC1C(C)OC(OC2C/C=C(\C)C3C=CC4C(OC5CC(OC6CCC(OC7CC(C)C(OC8CCC(C)C(C)O8)C(C)O7)C(C)O6)C(C(=O)OC)C(C)O5)C(C)CC(C)C4C3(C)C(=O)C3=C(C)C4(CC(C=O)=CC(C)C4C=C2C)OC3=O)CC1(C)[N+](=O)[O-]. The predicted octanol–water partition coefficient (Wildman–Crippen LogP) is 10.5. The maximum absolute atomic E-state index is 16.4. The van der Waals surface area contributed by atoms with Crippen LogP contribution < -0.4 is 5.32 Å². The zero-order valence-corrected chi connectivity index (χ0v) is 57.7. The number of amides is 1. The molecule has 4 aliphatic carbocycles. The van der Waals surface area contributed by atoms with Gasteiger partial charge in [0.25, 0.3) is 0 Å². The van der Waals surface area contributed by atoms with Gasteiger partial charge in [-0.15, -0.1) is 0 Å². The first-order chi connectivity index (χ1) is 44.0. The van der Waals surface area contributed by atoms with Crippen LogP contribution in [0.25, 0.3) is 0 Å². The highest BCUT2D eigenvalue weighted by atomic mass is 16.7. The van der Waals surface area contributed by atoms with Crippen LogP contribution in [0.1, 0.15) is 168 Å². The van der Waals surface area contributed by atoms with Crippen LogP contribution in [-0.4, -0.2) is 159 Å². The van der Waals surface area contributed by atoms with Gasteiger partial charge in [0.15, 0.2) is 37.2 Å². The van der Waals surface area contributed by atoms with Gasteiger partial charge in [-0.05, 0) is 140 Å². The molecule has 22 nitrogen and oxygen atoms in total. The lowest BCUT2D eigenvalue weighted by atomic mass is 9.48. The van der Waals surface area contributed by atoms with Crippen molar-refractivity contribution >= 4 is 30.1 Å². The Hall–Kier alpha value is -4.75. The number of hydrogen-bond acceptors (Lipinski definition) is 20. The fourth-order valence-electron chi connectivity index (χ4n) is 18.1. The number of ketones is 1. The van der Waals surface area contributed by atoms with Gasteiger partial charge < -0.3 is 66.9 Å². The molecule has 6 fully saturated rings. The fourth-order valence-corrected chi connectivity index (χ4v) is 18.1. The van der Waals surface area contributed by atoms with Crippen LogP contribution in [0.5, 0.6) is 0 Å². The Kier molecular flexibility index (Phi) is 21.7. The Morgan fingerprint density at radius 1 is 0.667 bits per heavy atom. The van der Waals surface area contributed by atoms with Crippen LogP contribution in [0.2, 0.25) is 0 Å². The predicted molar refractivity (Wildman–Crippen MR) is 338 cm³/mol. The summed E-state index contributed by atoms with van der Waals surface area (Å²) in [5.74, 6) is -4.12. The Morgan fingerprint density at radius 2 is 1.30 bits per heavy atom. The van der Waals surface area contributed by atoms with Crippen molar-refractivity contribution in [1.29, 1.82) is 0 Å². The van der Waals surface area contributed by atoms with Gasteiger partial charge in [-0.1, -0.05) is 77.5 Å². The highest BCUT2D eigenvalue weighted by molar-refractivity contribution is 6.22. The van der Waals surface area contributed by atoms with E-state index in [1.807, 2.05) is 60.6 Å². The number of fused-ring (bicyclic) bond motifs is 3. The second-order valence-corrected chi connectivity index (χ2v) is 29.7. The van der Waals surface area contributed by atoms with Gasteiger partial charge >= 0.3 is 18.0 Å². The molecule has 1 N–H and O–H groups in total. The number of rotatable bonds is 14. The van der Waals surface area contributed by atoms with Gasteiger partial charge in [-0.3, -0.25) is 24.5 Å². The summed E-state index contributed by atoms with van der Waals surface area (Å²) in [5.41, 5.74) is -2.01. The minimum atomic E-state index is -1.72. The third-order valence-corrected chi connectivity index (χ3v) is 23.4. The number of Topliss-reactive ketones (excluding diaryl/α,β-unsaturated/α-hetero) is 1. The molecule has 1 saturated carbocycles. The van der Waals surface area contributed by atoms with Crippen molar-refractivity contribution in [2.45, 2.75) is 278 Å². The fraction of sp³-hybridized carbons (Fsp3) is 0.789. The van der Waals surface area contributed by atoms with E-state index in [9.17, 15) is 29.3 Å². The molecule has 10 rings (SSSR count). The normalized spacial score (nSPS) is 46.8. The standard InChI is InChI=1S/C71H104N2O20/c1-34-19-24-55(83-42(34)9)91-62-40(7)29-56(86-45(62)12)89-52-23-25-54(84-43(52)10)90-53-30-57(85-44(11)60(53)66(76)81-16)92-63-39(6)26-38(5)61-48(63)20-21-49-35(2)18-22-51(88-58-32-69(14,73(79)80)64(46(13)87-58)72-68(78)82-17)37(4)28-50-36(3)27-47(33-74)31-71(50)41(8)59(67(77)93-71)65(75)70(49,61)15/h18,20-21,27-28,33-34,36,38-40,42-46,48-58,60-64H,19,22-26,29-32H2,1-17H3,(H,72,78)/b35-18+,37-28?. The molecule has 518 valence electrons. The third-order valence-electron chi connectivity index (χ3n) is 23.4. The minimum absolute atomic E-state index is 0.0236. The number of methoxy groups -OCH3 is 2. The molecule has 5 saturated heterocycles. The van der Waals surface area contributed by atoms with E-state index in [2.05, 4.69) is 58.2 Å². The number of esters is 2. The van der Waals surface area contributed by atoms with Gasteiger partial charge in [-0.2, -0.15) is 0 Å². The largest absolute Gasteiger partial charge is 0.469 e. The van der Waals surface area contributed by atoms with E-state index in [4.69, 9.17) is 61.6 Å². The molecule has 1 amide bonds. The molecule has 29 atom stereocenters. The van der Waals surface area contributed by atoms with E-state index in [-0.39, 0.29) is 103 Å². The van der Waals surface area contributed by atoms with Gasteiger partial charge in [0.1, 0.15) is 29.4 Å². The highest BCUT2D eigenvalue weighted by Gasteiger charge is 2.64. The zero-order chi connectivity index (χ0) is 67.5. The van der Waals surface area contributed by atoms with E-state index in [1.54, 1.807) is 13.8 Å². The minimum Gasteiger partial charge on any atom is -0.469 e. The Morgan fingerprint density at radius 3 is 1.97 bits per heavy atom. The van der Waals surface area contributed by atoms with Crippen molar-refractivity contribution in [2.24, 2.45) is 64.6 Å². The number of hydrogen-bond donors (Lipinski definition) is 1. The van der Waals surface area contributed by atoms with E-state index in [1.165, 1.54) is 21.1 Å².